The maximum absolute atomic E-state index is 12.0. The van der Waals surface area contributed by atoms with Crippen LogP contribution in [0.5, 0.6) is 0 Å². The van der Waals surface area contributed by atoms with Crippen LogP contribution in [0.25, 0.3) is 0 Å². The van der Waals surface area contributed by atoms with E-state index in [4.69, 9.17) is 0 Å². The molecule has 0 aliphatic heterocycles. The van der Waals surface area contributed by atoms with Gasteiger partial charge in [-0.25, -0.2) is 13.1 Å². The first kappa shape index (κ1) is 25.4. The van der Waals surface area contributed by atoms with Gasteiger partial charge < -0.3 is 15.5 Å². The van der Waals surface area contributed by atoms with Gasteiger partial charge in [-0.1, -0.05) is 6.42 Å². The number of amides is 1. The van der Waals surface area contributed by atoms with Crippen LogP contribution >= 0.6 is 24.0 Å². The van der Waals surface area contributed by atoms with Gasteiger partial charge in [-0.15, -0.1) is 24.0 Å². The van der Waals surface area contributed by atoms with E-state index in [1.54, 1.807) is 19.0 Å². The molecule has 0 aromatic carbocycles. The highest BCUT2D eigenvalue weighted by Crippen LogP contribution is 2.25. The Hall–Kier alpha value is -0.620. The van der Waals surface area contributed by atoms with Crippen molar-refractivity contribution >= 4 is 45.9 Å². The second-order valence-electron chi connectivity index (χ2n) is 7.59. The fourth-order valence-corrected chi connectivity index (χ4v) is 3.45. The minimum Gasteiger partial charge on any atom is -0.355 e. The van der Waals surface area contributed by atoms with Crippen LogP contribution in [-0.4, -0.2) is 70.2 Å². The SMILES string of the molecule is CN=C(NCCS(=O)(=O)NCC1CCC1)N(C)CC(=O)NC(C)(C)C.I. The lowest BCUT2D eigenvalue weighted by Crippen LogP contribution is -2.49. The second-order valence-corrected chi connectivity index (χ2v) is 9.52. The Morgan fingerprint density at radius 1 is 1.27 bits per heavy atom. The summed E-state index contributed by atoms with van der Waals surface area (Å²) in [6.45, 7) is 6.66. The lowest BCUT2D eigenvalue weighted by Gasteiger charge is -2.26. The van der Waals surface area contributed by atoms with Crippen molar-refractivity contribution in [2.24, 2.45) is 10.9 Å². The summed E-state index contributed by atoms with van der Waals surface area (Å²) in [6, 6.07) is 0. The van der Waals surface area contributed by atoms with Crippen molar-refractivity contribution in [1.82, 2.24) is 20.3 Å². The Morgan fingerprint density at radius 3 is 2.35 bits per heavy atom. The fraction of sp³-hybridized carbons (Fsp3) is 0.875. The van der Waals surface area contributed by atoms with Crippen molar-refractivity contribution in [3.63, 3.8) is 0 Å². The molecule has 26 heavy (non-hydrogen) atoms. The summed E-state index contributed by atoms with van der Waals surface area (Å²) in [5.74, 6) is 0.828. The molecular weight excluding hydrogens is 469 g/mol. The van der Waals surface area contributed by atoms with Crippen LogP contribution in [0.2, 0.25) is 0 Å². The third kappa shape index (κ3) is 10.5. The summed E-state index contributed by atoms with van der Waals surface area (Å²) in [7, 11) is 0.0432. The molecule has 0 bridgehead atoms. The average molecular weight is 503 g/mol. The molecule has 0 radical (unpaired) electrons. The van der Waals surface area contributed by atoms with E-state index in [0.717, 1.165) is 12.8 Å². The molecule has 154 valence electrons. The average Bonchev–Trinajstić information content (AvgIpc) is 2.39. The molecule has 0 aromatic rings. The highest BCUT2D eigenvalue weighted by atomic mass is 127. The number of aliphatic imine (C=N–C) groups is 1. The van der Waals surface area contributed by atoms with E-state index < -0.39 is 10.0 Å². The van der Waals surface area contributed by atoms with Gasteiger partial charge in [-0.05, 0) is 39.5 Å². The summed E-state index contributed by atoms with van der Waals surface area (Å²) in [5.41, 5.74) is -0.297. The fourth-order valence-electron chi connectivity index (χ4n) is 2.44. The molecule has 8 nitrogen and oxygen atoms in total. The smallest absolute Gasteiger partial charge is 0.240 e. The van der Waals surface area contributed by atoms with Crippen LogP contribution in [0, 0.1) is 5.92 Å². The van der Waals surface area contributed by atoms with Gasteiger partial charge in [0.25, 0.3) is 0 Å². The molecule has 0 saturated heterocycles. The van der Waals surface area contributed by atoms with E-state index in [9.17, 15) is 13.2 Å². The zero-order valence-corrected chi connectivity index (χ0v) is 19.6. The Morgan fingerprint density at radius 2 is 1.88 bits per heavy atom. The topological polar surface area (TPSA) is 103 Å². The number of likely N-dealkylation sites (N-methyl/N-ethyl adjacent to an activating group) is 1. The lowest BCUT2D eigenvalue weighted by molar-refractivity contribution is -0.122. The first-order valence-electron chi connectivity index (χ1n) is 8.72. The Balaban J connectivity index is 0.00000625. The summed E-state index contributed by atoms with van der Waals surface area (Å²) in [5, 5.41) is 5.86. The van der Waals surface area contributed by atoms with Crippen LogP contribution in [0.3, 0.4) is 0 Å². The van der Waals surface area contributed by atoms with Crippen molar-refractivity contribution in [2.75, 3.05) is 39.5 Å². The molecular formula is C16H34IN5O3S. The molecule has 1 amide bonds. The maximum Gasteiger partial charge on any atom is 0.240 e. The number of nitrogens with zero attached hydrogens (tertiary/aromatic N) is 2. The van der Waals surface area contributed by atoms with Crippen LogP contribution in [-0.2, 0) is 14.8 Å². The molecule has 0 aromatic heterocycles. The Bertz CT molecular complexity index is 571. The molecule has 1 rings (SSSR count). The number of rotatable bonds is 8. The van der Waals surface area contributed by atoms with E-state index in [-0.39, 0.29) is 54.3 Å². The van der Waals surface area contributed by atoms with Crippen molar-refractivity contribution in [2.45, 2.75) is 45.6 Å². The van der Waals surface area contributed by atoms with Gasteiger partial charge in [0.05, 0.1) is 12.3 Å². The normalized spacial score (nSPS) is 15.7. The van der Waals surface area contributed by atoms with Crippen LogP contribution in [0.1, 0.15) is 40.0 Å². The maximum atomic E-state index is 12.0. The minimum absolute atomic E-state index is 0. The molecule has 10 heteroatoms. The zero-order valence-electron chi connectivity index (χ0n) is 16.5. The van der Waals surface area contributed by atoms with Crippen molar-refractivity contribution < 1.29 is 13.2 Å². The quantitative estimate of drug-likeness (QED) is 0.258. The van der Waals surface area contributed by atoms with Crippen molar-refractivity contribution in [3.8, 4) is 0 Å². The van der Waals surface area contributed by atoms with Gasteiger partial charge >= 0.3 is 0 Å². The summed E-state index contributed by atoms with van der Waals surface area (Å²) < 4.78 is 26.6. The van der Waals surface area contributed by atoms with E-state index in [2.05, 4.69) is 20.3 Å². The van der Waals surface area contributed by atoms with Gasteiger partial charge in [0.2, 0.25) is 15.9 Å². The molecule has 0 atom stereocenters. The van der Waals surface area contributed by atoms with Gasteiger partial charge in [0.15, 0.2) is 5.96 Å². The highest BCUT2D eigenvalue weighted by molar-refractivity contribution is 14.0. The number of hydrogen-bond donors (Lipinski definition) is 3. The first-order valence-corrected chi connectivity index (χ1v) is 10.4. The molecule has 0 heterocycles. The highest BCUT2D eigenvalue weighted by Gasteiger charge is 2.20. The van der Waals surface area contributed by atoms with Gasteiger partial charge in [0, 0.05) is 32.7 Å². The van der Waals surface area contributed by atoms with E-state index in [0.29, 0.717) is 18.4 Å². The van der Waals surface area contributed by atoms with Crippen LogP contribution in [0.15, 0.2) is 4.99 Å². The molecule has 1 fully saturated rings. The van der Waals surface area contributed by atoms with E-state index in [1.165, 1.54) is 6.42 Å². The largest absolute Gasteiger partial charge is 0.355 e. The molecule has 3 N–H and O–H groups in total. The first-order chi connectivity index (χ1) is 11.5. The molecule has 1 aliphatic rings. The number of carbonyl (C=O) groups is 1. The van der Waals surface area contributed by atoms with Gasteiger partial charge in [0.1, 0.15) is 0 Å². The standard InChI is InChI=1S/C16H33N5O3S.HI/c1-16(2,3)20-14(22)12-21(5)15(17-4)18-9-10-25(23,24)19-11-13-7-6-8-13;/h13,19H,6-12H2,1-5H3,(H,17,18)(H,20,22);1H. The molecule has 0 unspecified atom stereocenters. The molecule has 0 spiro atoms. The number of halogens is 1. The monoisotopic (exact) mass is 503 g/mol. The number of hydrogen-bond acceptors (Lipinski definition) is 4. The van der Waals surface area contributed by atoms with Gasteiger partial charge in [-0.3, -0.25) is 9.79 Å². The zero-order chi connectivity index (χ0) is 19.1. The number of sulfonamides is 1. The number of carbonyl (C=O) groups excluding carboxylic acids is 1. The number of guanidine groups is 1. The summed E-state index contributed by atoms with van der Waals surface area (Å²) >= 11 is 0. The Kier molecular flexibility index (Phi) is 11.0. The molecule has 1 saturated carbocycles. The van der Waals surface area contributed by atoms with Crippen LogP contribution in [0.4, 0.5) is 0 Å². The van der Waals surface area contributed by atoms with Crippen LogP contribution < -0.4 is 15.4 Å². The third-order valence-corrected chi connectivity index (χ3v) is 5.29. The van der Waals surface area contributed by atoms with E-state index in [1.807, 2.05) is 20.8 Å². The van der Waals surface area contributed by atoms with E-state index >= 15 is 0 Å². The predicted octanol–water partition coefficient (Wildman–Crippen LogP) is 0.746. The predicted molar refractivity (Wildman–Crippen MR) is 116 cm³/mol. The second kappa shape index (κ2) is 11.3. The van der Waals surface area contributed by atoms with Crippen molar-refractivity contribution in [1.29, 1.82) is 0 Å². The lowest BCUT2D eigenvalue weighted by atomic mass is 9.86. The third-order valence-electron chi connectivity index (χ3n) is 3.94. The Labute approximate surface area is 175 Å². The van der Waals surface area contributed by atoms with Crippen molar-refractivity contribution in [3.05, 3.63) is 0 Å². The minimum atomic E-state index is -3.29. The molecule has 1 aliphatic carbocycles. The number of nitrogens with one attached hydrogen (secondary N) is 3. The van der Waals surface area contributed by atoms with Gasteiger partial charge in [-0.2, -0.15) is 0 Å². The summed E-state index contributed by atoms with van der Waals surface area (Å²) in [4.78, 5) is 17.7. The summed E-state index contributed by atoms with van der Waals surface area (Å²) in [6.07, 6.45) is 3.41.